The number of hydrogen-bond donors (Lipinski definition) is 1. The monoisotopic (exact) mass is 259 g/mol. The first-order chi connectivity index (χ1) is 8.99. The van der Waals surface area contributed by atoms with Gasteiger partial charge in [0.25, 0.3) is 0 Å². The summed E-state index contributed by atoms with van der Waals surface area (Å²) in [6, 6.07) is 8.41. The number of nitrogens with two attached hydrogens (primary N) is 1. The molecule has 0 bridgehead atoms. The maximum Gasteiger partial charge on any atom is 0.125 e. The Labute approximate surface area is 113 Å². The summed E-state index contributed by atoms with van der Waals surface area (Å²) in [5, 5.41) is 0. The summed E-state index contributed by atoms with van der Waals surface area (Å²) < 4.78 is 19.0. The molecule has 0 heterocycles. The molecule has 0 aliphatic rings. The SMILES string of the molecule is Cc1ccc(C)c(OCc2cc(F)ccc2N)c1C. The number of benzene rings is 2. The highest BCUT2D eigenvalue weighted by Gasteiger charge is 2.08. The smallest absolute Gasteiger partial charge is 0.125 e. The van der Waals surface area contributed by atoms with E-state index in [0.717, 1.165) is 16.9 Å². The van der Waals surface area contributed by atoms with Crippen LogP contribution in [0.25, 0.3) is 0 Å². The van der Waals surface area contributed by atoms with Crippen LogP contribution in [0.4, 0.5) is 10.1 Å². The second-order valence-electron chi connectivity index (χ2n) is 4.79. The van der Waals surface area contributed by atoms with Crippen molar-refractivity contribution in [2.45, 2.75) is 27.4 Å². The zero-order valence-corrected chi connectivity index (χ0v) is 11.5. The third-order valence-corrected chi connectivity index (χ3v) is 3.35. The Morgan fingerprint density at radius 3 is 2.47 bits per heavy atom. The van der Waals surface area contributed by atoms with Crippen LogP contribution in [-0.4, -0.2) is 0 Å². The molecule has 19 heavy (non-hydrogen) atoms. The molecule has 0 fully saturated rings. The highest BCUT2D eigenvalue weighted by molar-refractivity contribution is 5.48. The molecule has 2 aromatic carbocycles. The first-order valence-corrected chi connectivity index (χ1v) is 6.22. The summed E-state index contributed by atoms with van der Waals surface area (Å²) in [7, 11) is 0. The van der Waals surface area contributed by atoms with Gasteiger partial charge in [-0.05, 0) is 55.7 Å². The van der Waals surface area contributed by atoms with E-state index in [2.05, 4.69) is 6.07 Å². The predicted molar refractivity (Wildman–Crippen MR) is 75.8 cm³/mol. The average molecular weight is 259 g/mol. The normalized spacial score (nSPS) is 10.5. The molecule has 3 heteroatoms. The molecule has 0 radical (unpaired) electrons. The standard InChI is InChI=1S/C16H18FNO/c1-10-4-5-11(2)16(12(10)3)19-9-13-8-14(17)6-7-15(13)18/h4-8H,9,18H2,1-3H3. The molecule has 2 nitrogen and oxygen atoms in total. The number of ether oxygens (including phenoxy) is 1. The van der Waals surface area contributed by atoms with Crippen LogP contribution in [0.15, 0.2) is 30.3 Å². The molecule has 0 amide bonds. The van der Waals surface area contributed by atoms with E-state index in [9.17, 15) is 4.39 Å². The summed E-state index contributed by atoms with van der Waals surface area (Å²) in [4.78, 5) is 0. The maximum atomic E-state index is 13.2. The number of rotatable bonds is 3. The van der Waals surface area contributed by atoms with Gasteiger partial charge in [-0.15, -0.1) is 0 Å². The predicted octanol–water partition coefficient (Wildman–Crippen LogP) is 3.91. The minimum atomic E-state index is -0.300. The molecule has 0 saturated carbocycles. The fourth-order valence-electron chi connectivity index (χ4n) is 2.00. The minimum absolute atomic E-state index is 0.273. The Bertz CT molecular complexity index is 608. The molecular formula is C16H18FNO. The van der Waals surface area contributed by atoms with E-state index < -0.39 is 0 Å². The summed E-state index contributed by atoms with van der Waals surface area (Å²) in [6.45, 7) is 6.33. The van der Waals surface area contributed by atoms with Crippen molar-refractivity contribution in [2.24, 2.45) is 0 Å². The zero-order valence-electron chi connectivity index (χ0n) is 11.5. The summed E-state index contributed by atoms with van der Waals surface area (Å²) in [5.41, 5.74) is 10.4. The summed E-state index contributed by atoms with van der Waals surface area (Å²) in [6.07, 6.45) is 0. The zero-order chi connectivity index (χ0) is 14.0. The van der Waals surface area contributed by atoms with Crippen molar-refractivity contribution in [1.29, 1.82) is 0 Å². The molecule has 0 saturated heterocycles. The van der Waals surface area contributed by atoms with Crippen molar-refractivity contribution in [3.63, 3.8) is 0 Å². The third kappa shape index (κ3) is 2.87. The van der Waals surface area contributed by atoms with Crippen molar-refractivity contribution in [3.8, 4) is 5.75 Å². The summed E-state index contributed by atoms with van der Waals surface area (Å²) >= 11 is 0. The quantitative estimate of drug-likeness (QED) is 0.848. The number of hydrogen-bond acceptors (Lipinski definition) is 2. The molecule has 0 aliphatic carbocycles. The largest absolute Gasteiger partial charge is 0.488 e. The first-order valence-electron chi connectivity index (χ1n) is 6.22. The van der Waals surface area contributed by atoms with Crippen LogP contribution in [0, 0.1) is 26.6 Å². The van der Waals surface area contributed by atoms with Crippen LogP contribution >= 0.6 is 0 Å². The molecule has 0 aromatic heterocycles. The average Bonchev–Trinajstić information content (AvgIpc) is 2.38. The Hall–Kier alpha value is -2.03. The third-order valence-electron chi connectivity index (χ3n) is 3.35. The second kappa shape index (κ2) is 5.31. The van der Waals surface area contributed by atoms with Crippen LogP contribution in [0.5, 0.6) is 5.75 Å². The lowest BCUT2D eigenvalue weighted by molar-refractivity contribution is 0.302. The van der Waals surface area contributed by atoms with Gasteiger partial charge in [0.05, 0.1) is 0 Å². The molecule has 0 atom stereocenters. The Morgan fingerprint density at radius 1 is 1.05 bits per heavy atom. The van der Waals surface area contributed by atoms with Gasteiger partial charge in [-0.1, -0.05) is 12.1 Å². The Balaban J connectivity index is 2.24. The first kappa shape index (κ1) is 13.4. The van der Waals surface area contributed by atoms with Crippen LogP contribution in [0.1, 0.15) is 22.3 Å². The van der Waals surface area contributed by atoms with E-state index >= 15 is 0 Å². The van der Waals surface area contributed by atoms with E-state index in [1.807, 2.05) is 26.8 Å². The summed E-state index contributed by atoms with van der Waals surface area (Å²) in [5.74, 6) is 0.550. The van der Waals surface area contributed by atoms with Gasteiger partial charge >= 0.3 is 0 Å². The number of nitrogen functional groups attached to an aromatic ring is 1. The van der Waals surface area contributed by atoms with Crippen LogP contribution < -0.4 is 10.5 Å². The van der Waals surface area contributed by atoms with E-state index in [1.54, 1.807) is 6.07 Å². The van der Waals surface area contributed by atoms with E-state index in [0.29, 0.717) is 11.3 Å². The van der Waals surface area contributed by atoms with Gasteiger partial charge in [0.1, 0.15) is 18.2 Å². The molecule has 0 unspecified atom stereocenters. The van der Waals surface area contributed by atoms with E-state index in [4.69, 9.17) is 10.5 Å². The molecule has 2 aromatic rings. The van der Waals surface area contributed by atoms with Crippen LogP contribution in [-0.2, 0) is 6.61 Å². The number of halogens is 1. The molecule has 0 aliphatic heterocycles. The van der Waals surface area contributed by atoms with Crippen molar-refractivity contribution in [1.82, 2.24) is 0 Å². The van der Waals surface area contributed by atoms with Crippen molar-refractivity contribution >= 4 is 5.69 Å². The molecule has 100 valence electrons. The van der Waals surface area contributed by atoms with Crippen molar-refractivity contribution < 1.29 is 9.13 Å². The van der Waals surface area contributed by atoms with Gasteiger partial charge in [-0.3, -0.25) is 0 Å². The fraction of sp³-hybridized carbons (Fsp3) is 0.250. The Morgan fingerprint density at radius 2 is 1.74 bits per heavy atom. The van der Waals surface area contributed by atoms with Gasteiger partial charge < -0.3 is 10.5 Å². The van der Waals surface area contributed by atoms with Crippen molar-refractivity contribution in [2.75, 3.05) is 5.73 Å². The lowest BCUT2D eigenvalue weighted by Crippen LogP contribution is -2.03. The number of anilines is 1. The second-order valence-corrected chi connectivity index (χ2v) is 4.79. The van der Waals surface area contributed by atoms with E-state index in [-0.39, 0.29) is 12.4 Å². The molecular weight excluding hydrogens is 241 g/mol. The van der Waals surface area contributed by atoms with Crippen LogP contribution in [0.3, 0.4) is 0 Å². The lowest BCUT2D eigenvalue weighted by Gasteiger charge is -2.15. The lowest BCUT2D eigenvalue weighted by atomic mass is 10.1. The van der Waals surface area contributed by atoms with Crippen molar-refractivity contribution in [3.05, 3.63) is 58.4 Å². The molecule has 2 N–H and O–H groups in total. The fourth-order valence-corrected chi connectivity index (χ4v) is 2.00. The highest BCUT2D eigenvalue weighted by atomic mass is 19.1. The Kier molecular flexibility index (Phi) is 3.74. The van der Waals surface area contributed by atoms with Gasteiger partial charge in [0.15, 0.2) is 0 Å². The maximum absolute atomic E-state index is 13.2. The van der Waals surface area contributed by atoms with Gasteiger partial charge in [0, 0.05) is 11.3 Å². The highest BCUT2D eigenvalue weighted by Crippen LogP contribution is 2.27. The van der Waals surface area contributed by atoms with E-state index in [1.165, 1.54) is 17.7 Å². The van der Waals surface area contributed by atoms with Gasteiger partial charge in [-0.25, -0.2) is 4.39 Å². The van der Waals surface area contributed by atoms with Gasteiger partial charge in [0.2, 0.25) is 0 Å². The number of aryl methyl sites for hydroxylation is 2. The minimum Gasteiger partial charge on any atom is -0.488 e. The molecule has 0 spiro atoms. The van der Waals surface area contributed by atoms with Gasteiger partial charge in [-0.2, -0.15) is 0 Å². The topological polar surface area (TPSA) is 35.2 Å². The van der Waals surface area contributed by atoms with Crippen LogP contribution in [0.2, 0.25) is 0 Å². The molecule has 2 rings (SSSR count).